The van der Waals surface area contributed by atoms with Gasteiger partial charge in [-0.15, -0.1) is 0 Å². The van der Waals surface area contributed by atoms with Gasteiger partial charge in [-0.1, -0.05) is 23.7 Å². The fraction of sp³-hybridized carbons (Fsp3) is 0.333. The van der Waals surface area contributed by atoms with Crippen molar-refractivity contribution in [3.8, 4) is 0 Å². The Morgan fingerprint density at radius 2 is 2.24 bits per heavy atom. The van der Waals surface area contributed by atoms with Crippen molar-refractivity contribution in [3.63, 3.8) is 0 Å². The normalized spacial score (nSPS) is 21.9. The van der Waals surface area contributed by atoms with Gasteiger partial charge < -0.3 is 14.7 Å². The Labute approximate surface area is 127 Å². The van der Waals surface area contributed by atoms with Crippen molar-refractivity contribution in [2.45, 2.75) is 18.6 Å². The van der Waals surface area contributed by atoms with E-state index in [0.717, 1.165) is 5.56 Å². The molecule has 0 aromatic heterocycles. The highest BCUT2D eigenvalue weighted by atomic mass is 35.5. The smallest absolute Gasteiger partial charge is 0.326 e. The predicted octanol–water partition coefficient (Wildman–Crippen LogP) is 2.05. The average Bonchev–Trinajstić information content (AvgIpc) is 2.89. The molecule has 1 amide bonds. The van der Waals surface area contributed by atoms with Gasteiger partial charge in [0, 0.05) is 31.2 Å². The summed E-state index contributed by atoms with van der Waals surface area (Å²) in [6, 6.07) is 6.22. The number of likely N-dealkylation sites (tertiary alicyclic amines) is 1. The summed E-state index contributed by atoms with van der Waals surface area (Å²) in [7, 11) is 1.51. The minimum absolute atomic E-state index is 0.241. The van der Waals surface area contributed by atoms with E-state index in [1.807, 2.05) is 6.07 Å². The maximum Gasteiger partial charge on any atom is 0.326 e. The third kappa shape index (κ3) is 3.83. The number of aliphatic carboxylic acids is 1. The molecule has 1 aromatic rings. The number of hydrogen-bond acceptors (Lipinski definition) is 3. The van der Waals surface area contributed by atoms with Crippen LogP contribution in [0.5, 0.6) is 0 Å². The van der Waals surface area contributed by atoms with Gasteiger partial charge in [-0.3, -0.25) is 4.79 Å². The zero-order chi connectivity index (χ0) is 15.4. The highest BCUT2D eigenvalue weighted by Crippen LogP contribution is 2.21. The van der Waals surface area contributed by atoms with Crippen LogP contribution in [-0.2, 0) is 14.3 Å². The standard InChI is InChI=1S/C15H16ClNO4/c1-21-12-8-13(15(19)20)17(9-12)14(18)6-5-10-3-2-4-11(16)7-10/h2-7,12-13H,8-9H2,1H3,(H,19,20)/b6-5+. The van der Waals surface area contributed by atoms with E-state index in [4.69, 9.17) is 16.3 Å². The summed E-state index contributed by atoms with van der Waals surface area (Å²) in [5, 5.41) is 9.75. The first-order valence-corrected chi connectivity index (χ1v) is 6.89. The summed E-state index contributed by atoms with van der Waals surface area (Å²) < 4.78 is 5.15. The number of amides is 1. The minimum Gasteiger partial charge on any atom is -0.480 e. The van der Waals surface area contributed by atoms with Crippen LogP contribution in [0.4, 0.5) is 0 Å². The summed E-state index contributed by atoms with van der Waals surface area (Å²) in [6.45, 7) is 0.284. The molecule has 1 aliphatic heterocycles. The fourth-order valence-electron chi connectivity index (χ4n) is 2.32. The van der Waals surface area contributed by atoms with Gasteiger partial charge >= 0.3 is 5.97 Å². The molecule has 112 valence electrons. The van der Waals surface area contributed by atoms with Crippen LogP contribution >= 0.6 is 11.6 Å². The van der Waals surface area contributed by atoms with E-state index in [1.54, 1.807) is 24.3 Å². The lowest BCUT2D eigenvalue weighted by atomic mass is 10.2. The van der Waals surface area contributed by atoms with Crippen molar-refractivity contribution in [2.75, 3.05) is 13.7 Å². The molecule has 2 unspecified atom stereocenters. The predicted molar refractivity (Wildman–Crippen MR) is 79.0 cm³/mol. The Morgan fingerprint density at radius 1 is 1.48 bits per heavy atom. The number of rotatable bonds is 4. The first-order chi connectivity index (χ1) is 10.0. The maximum atomic E-state index is 12.2. The van der Waals surface area contributed by atoms with Crippen molar-refractivity contribution in [1.82, 2.24) is 4.90 Å². The Morgan fingerprint density at radius 3 is 2.86 bits per heavy atom. The second kappa shape index (κ2) is 6.74. The van der Waals surface area contributed by atoms with E-state index in [0.29, 0.717) is 11.4 Å². The zero-order valence-electron chi connectivity index (χ0n) is 11.5. The largest absolute Gasteiger partial charge is 0.480 e. The molecule has 1 saturated heterocycles. The van der Waals surface area contributed by atoms with Gasteiger partial charge in [0.15, 0.2) is 0 Å². The molecule has 1 N–H and O–H groups in total. The molecule has 21 heavy (non-hydrogen) atoms. The third-order valence-electron chi connectivity index (χ3n) is 3.43. The molecule has 1 aliphatic rings. The summed E-state index contributed by atoms with van der Waals surface area (Å²) in [5.74, 6) is -1.36. The first kappa shape index (κ1) is 15.5. The van der Waals surface area contributed by atoms with Crippen LogP contribution in [0.2, 0.25) is 5.02 Å². The molecule has 1 fully saturated rings. The van der Waals surface area contributed by atoms with Gasteiger partial charge in [0.2, 0.25) is 5.91 Å². The van der Waals surface area contributed by atoms with Crippen LogP contribution in [0, 0.1) is 0 Å². The van der Waals surface area contributed by atoms with Gasteiger partial charge in [0.05, 0.1) is 6.10 Å². The molecule has 0 radical (unpaired) electrons. The Bertz CT molecular complexity index is 573. The van der Waals surface area contributed by atoms with Crippen LogP contribution in [0.25, 0.3) is 6.08 Å². The number of halogens is 1. The van der Waals surface area contributed by atoms with Gasteiger partial charge in [-0.05, 0) is 23.8 Å². The number of carboxylic acids is 1. The van der Waals surface area contributed by atoms with Crippen molar-refractivity contribution in [1.29, 1.82) is 0 Å². The first-order valence-electron chi connectivity index (χ1n) is 6.51. The van der Waals surface area contributed by atoms with E-state index in [-0.39, 0.29) is 18.6 Å². The van der Waals surface area contributed by atoms with Crippen molar-refractivity contribution in [2.24, 2.45) is 0 Å². The number of ether oxygens (including phenoxy) is 1. The average molecular weight is 310 g/mol. The fourth-order valence-corrected chi connectivity index (χ4v) is 2.52. The Hall–Kier alpha value is -1.85. The van der Waals surface area contributed by atoms with Crippen LogP contribution in [0.3, 0.4) is 0 Å². The third-order valence-corrected chi connectivity index (χ3v) is 3.67. The number of methoxy groups -OCH3 is 1. The van der Waals surface area contributed by atoms with E-state index in [1.165, 1.54) is 18.1 Å². The van der Waals surface area contributed by atoms with Crippen molar-refractivity contribution < 1.29 is 19.4 Å². The van der Waals surface area contributed by atoms with Crippen LogP contribution < -0.4 is 0 Å². The summed E-state index contributed by atoms with van der Waals surface area (Å²) in [6.07, 6.45) is 3.05. The molecule has 2 rings (SSSR count). The monoisotopic (exact) mass is 309 g/mol. The topological polar surface area (TPSA) is 66.8 Å². The highest BCUT2D eigenvalue weighted by Gasteiger charge is 2.38. The number of carboxylic acid groups (broad SMARTS) is 1. The molecule has 0 saturated carbocycles. The summed E-state index contributed by atoms with van der Waals surface area (Å²) in [4.78, 5) is 24.7. The van der Waals surface area contributed by atoms with E-state index in [9.17, 15) is 14.7 Å². The Balaban J connectivity index is 2.10. The van der Waals surface area contributed by atoms with Crippen LogP contribution in [0.1, 0.15) is 12.0 Å². The maximum absolute atomic E-state index is 12.2. The van der Waals surface area contributed by atoms with Gasteiger partial charge in [0.25, 0.3) is 0 Å². The van der Waals surface area contributed by atoms with Crippen LogP contribution in [0.15, 0.2) is 30.3 Å². The van der Waals surface area contributed by atoms with E-state index < -0.39 is 12.0 Å². The van der Waals surface area contributed by atoms with E-state index in [2.05, 4.69) is 0 Å². The molecule has 5 nitrogen and oxygen atoms in total. The molecule has 0 spiro atoms. The lowest BCUT2D eigenvalue weighted by Crippen LogP contribution is -2.39. The molecule has 0 aliphatic carbocycles. The Kier molecular flexibility index (Phi) is 4.98. The summed E-state index contributed by atoms with van der Waals surface area (Å²) >= 11 is 5.87. The molecule has 0 bridgehead atoms. The highest BCUT2D eigenvalue weighted by molar-refractivity contribution is 6.30. The number of nitrogens with zero attached hydrogens (tertiary/aromatic N) is 1. The summed E-state index contributed by atoms with van der Waals surface area (Å²) in [5.41, 5.74) is 0.783. The lowest BCUT2D eigenvalue weighted by molar-refractivity contribution is -0.146. The van der Waals surface area contributed by atoms with Gasteiger partial charge in [0.1, 0.15) is 6.04 Å². The SMILES string of the molecule is COC1CC(C(=O)O)N(C(=O)/C=C/c2cccc(Cl)c2)C1. The molecule has 1 aromatic carbocycles. The van der Waals surface area contributed by atoms with Gasteiger partial charge in [-0.2, -0.15) is 0 Å². The quantitative estimate of drug-likeness (QED) is 0.865. The number of hydrogen-bond donors (Lipinski definition) is 1. The van der Waals surface area contributed by atoms with Crippen molar-refractivity contribution in [3.05, 3.63) is 40.9 Å². The molecular weight excluding hydrogens is 294 g/mol. The number of carbonyl (C=O) groups is 2. The number of carbonyl (C=O) groups excluding carboxylic acids is 1. The molecule has 6 heteroatoms. The van der Waals surface area contributed by atoms with E-state index >= 15 is 0 Å². The number of benzene rings is 1. The molecular formula is C15H16ClNO4. The van der Waals surface area contributed by atoms with Crippen molar-refractivity contribution >= 4 is 29.6 Å². The zero-order valence-corrected chi connectivity index (χ0v) is 12.3. The second-order valence-electron chi connectivity index (χ2n) is 4.83. The van der Waals surface area contributed by atoms with Crippen LogP contribution in [-0.4, -0.2) is 47.7 Å². The second-order valence-corrected chi connectivity index (χ2v) is 5.26. The lowest BCUT2D eigenvalue weighted by Gasteiger charge is -2.19. The minimum atomic E-state index is -1.01. The van der Waals surface area contributed by atoms with Gasteiger partial charge in [-0.25, -0.2) is 4.79 Å². The molecule has 2 atom stereocenters. The molecule has 1 heterocycles.